The van der Waals surface area contributed by atoms with Crippen LogP contribution in [0.1, 0.15) is 12.8 Å². The summed E-state index contributed by atoms with van der Waals surface area (Å²) in [7, 11) is 0.281. The second kappa shape index (κ2) is 10.3. The molecular formula is C17H28N4O4S. The van der Waals surface area contributed by atoms with Crippen molar-refractivity contribution in [3.63, 3.8) is 0 Å². The third-order valence-electron chi connectivity index (χ3n) is 3.94. The van der Waals surface area contributed by atoms with Crippen LogP contribution in [0.5, 0.6) is 5.75 Å². The number of aliphatic imine (C=N–C) groups is 1. The Bertz CT molecular complexity index is 694. The summed E-state index contributed by atoms with van der Waals surface area (Å²) < 4.78 is 35.8. The summed E-state index contributed by atoms with van der Waals surface area (Å²) >= 11 is 0. The summed E-state index contributed by atoms with van der Waals surface area (Å²) in [5.74, 6) is 1.60. The lowest BCUT2D eigenvalue weighted by Gasteiger charge is -2.17. The van der Waals surface area contributed by atoms with Gasteiger partial charge in [0.25, 0.3) is 0 Å². The van der Waals surface area contributed by atoms with Crippen LogP contribution in [0.15, 0.2) is 29.3 Å². The molecule has 2 N–H and O–H groups in total. The van der Waals surface area contributed by atoms with Crippen LogP contribution < -0.4 is 15.4 Å². The number of hydrogen-bond acceptors (Lipinski definition) is 5. The van der Waals surface area contributed by atoms with Gasteiger partial charge in [-0.15, -0.1) is 0 Å². The van der Waals surface area contributed by atoms with Crippen LogP contribution in [-0.4, -0.2) is 71.4 Å². The Morgan fingerprint density at radius 2 is 2.19 bits per heavy atom. The van der Waals surface area contributed by atoms with Gasteiger partial charge in [0.2, 0.25) is 10.0 Å². The molecule has 26 heavy (non-hydrogen) atoms. The Hall–Kier alpha value is -1.84. The molecule has 0 radical (unpaired) electrons. The standard InChI is InChI=1S/C17H28N4O4S/c1-18-17(19-8-10-21-9-4-13-26(21,22)23)20-15-6-3-7-16(14-15)25-12-5-11-24-2/h3,6-7,14H,4-5,8-13H2,1-2H3,(H2,18,19,20). The van der Waals surface area contributed by atoms with Crippen molar-refractivity contribution < 1.29 is 17.9 Å². The second-order valence-corrected chi connectivity index (χ2v) is 8.00. The Kier molecular flexibility index (Phi) is 8.14. The lowest BCUT2D eigenvalue weighted by molar-refractivity contribution is 0.172. The highest BCUT2D eigenvalue weighted by Gasteiger charge is 2.27. The maximum absolute atomic E-state index is 11.8. The number of benzene rings is 1. The summed E-state index contributed by atoms with van der Waals surface area (Å²) in [6.45, 7) is 2.78. The third kappa shape index (κ3) is 6.47. The maximum Gasteiger partial charge on any atom is 0.214 e. The van der Waals surface area contributed by atoms with Crippen LogP contribution in [0.2, 0.25) is 0 Å². The lowest BCUT2D eigenvalue weighted by atomic mass is 10.3. The summed E-state index contributed by atoms with van der Waals surface area (Å²) in [6.07, 6.45) is 1.53. The maximum atomic E-state index is 11.8. The zero-order valence-electron chi connectivity index (χ0n) is 15.4. The topological polar surface area (TPSA) is 92.3 Å². The van der Waals surface area contributed by atoms with Crippen molar-refractivity contribution in [3.8, 4) is 5.75 Å². The molecule has 1 aliphatic heterocycles. The van der Waals surface area contributed by atoms with E-state index in [1.165, 1.54) is 4.31 Å². The number of anilines is 1. The molecule has 0 spiro atoms. The van der Waals surface area contributed by atoms with Gasteiger partial charge < -0.3 is 20.1 Å². The van der Waals surface area contributed by atoms with Gasteiger partial charge in [0, 0.05) is 58.6 Å². The van der Waals surface area contributed by atoms with Crippen LogP contribution in [0, 0.1) is 0 Å². The number of sulfonamides is 1. The quantitative estimate of drug-likeness (QED) is 0.377. The van der Waals surface area contributed by atoms with Gasteiger partial charge in [-0.1, -0.05) is 6.07 Å². The Balaban J connectivity index is 1.80. The molecule has 0 aliphatic carbocycles. The molecule has 0 aromatic heterocycles. The van der Waals surface area contributed by atoms with Gasteiger partial charge >= 0.3 is 0 Å². The first-order valence-corrected chi connectivity index (χ1v) is 10.3. The number of rotatable bonds is 9. The highest BCUT2D eigenvalue weighted by molar-refractivity contribution is 7.89. The van der Waals surface area contributed by atoms with Gasteiger partial charge in [0.1, 0.15) is 5.75 Å². The van der Waals surface area contributed by atoms with Crippen molar-refractivity contribution in [3.05, 3.63) is 24.3 Å². The van der Waals surface area contributed by atoms with Crippen LogP contribution in [0.25, 0.3) is 0 Å². The summed E-state index contributed by atoms with van der Waals surface area (Å²) in [6, 6.07) is 7.61. The minimum Gasteiger partial charge on any atom is -0.493 e. The largest absolute Gasteiger partial charge is 0.493 e. The average Bonchev–Trinajstić information content (AvgIpc) is 2.96. The molecule has 1 aliphatic rings. The molecule has 0 atom stereocenters. The van der Waals surface area contributed by atoms with Crippen LogP contribution in [-0.2, 0) is 14.8 Å². The van der Waals surface area contributed by atoms with Crippen molar-refractivity contribution in [2.24, 2.45) is 4.99 Å². The zero-order valence-corrected chi connectivity index (χ0v) is 16.2. The number of methoxy groups -OCH3 is 1. The highest BCUT2D eigenvalue weighted by atomic mass is 32.2. The van der Waals surface area contributed by atoms with Gasteiger partial charge in [-0.3, -0.25) is 4.99 Å². The first-order chi connectivity index (χ1) is 12.5. The van der Waals surface area contributed by atoms with E-state index in [2.05, 4.69) is 15.6 Å². The lowest BCUT2D eigenvalue weighted by Crippen LogP contribution is -2.38. The van der Waals surface area contributed by atoms with Gasteiger partial charge in [-0.05, 0) is 18.6 Å². The minimum absolute atomic E-state index is 0.247. The number of nitrogens with zero attached hydrogens (tertiary/aromatic N) is 2. The van der Waals surface area contributed by atoms with Gasteiger partial charge in [0.15, 0.2) is 5.96 Å². The van der Waals surface area contributed by atoms with Gasteiger partial charge in [-0.25, -0.2) is 12.7 Å². The number of hydrogen-bond donors (Lipinski definition) is 2. The fourth-order valence-corrected chi connectivity index (χ4v) is 4.14. The van der Waals surface area contributed by atoms with E-state index < -0.39 is 10.0 Å². The number of ether oxygens (including phenoxy) is 2. The molecule has 1 saturated heterocycles. The molecule has 1 aromatic carbocycles. The van der Waals surface area contributed by atoms with Gasteiger partial charge in [-0.2, -0.15) is 0 Å². The van der Waals surface area contributed by atoms with E-state index in [9.17, 15) is 8.42 Å². The molecule has 146 valence electrons. The summed E-state index contributed by atoms with van der Waals surface area (Å²) in [5, 5.41) is 6.32. The van der Waals surface area contributed by atoms with E-state index in [-0.39, 0.29) is 5.75 Å². The average molecular weight is 385 g/mol. The normalized spacial score (nSPS) is 17.2. The van der Waals surface area contributed by atoms with Crippen molar-refractivity contribution in [2.45, 2.75) is 12.8 Å². The zero-order chi connectivity index (χ0) is 18.8. The second-order valence-electron chi connectivity index (χ2n) is 5.92. The molecule has 1 fully saturated rings. The van der Waals surface area contributed by atoms with E-state index >= 15 is 0 Å². The highest BCUT2D eigenvalue weighted by Crippen LogP contribution is 2.17. The molecule has 0 amide bonds. The van der Waals surface area contributed by atoms with Crippen LogP contribution in [0.4, 0.5) is 5.69 Å². The molecular weight excluding hydrogens is 356 g/mol. The van der Waals surface area contributed by atoms with Crippen LogP contribution in [0.3, 0.4) is 0 Å². The molecule has 2 rings (SSSR count). The Morgan fingerprint density at radius 1 is 1.35 bits per heavy atom. The molecule has 0 unspecified atom stereocenters. The van der Waals surface area contributed by atoms with E-state index in [4.69, 9.17) is 9.47 Å². The Morgan fingerprint density at radius 3 is 2.88 bits per heavy atom. The molecule has 1 aromatic rings. The monoisotopic (exact) mass is 384 g/mol. The van der Waals surface area contributed by atoms with E-state index in [1.54, 1.807) is 14.2 Å². The smallest absolute Gasteiger partial charge is 0.214 e. The summed E-state index contributed by atoms with van der Waals surface area (Å²) in [5.41, 5.74) is 0.844. The van der Waals surface area contributed by atoms with Crippen molar-refractivity contribution in [1.82, 2.24) is 9.62 Å². The molecule has 8 nitrogen and oxygen atoms in total. The third-order valence-corrected chi connectivity index (χ3v) is 5.90. The predicted molar refractivity (Wildman–Crippen MR) is 103 cm³/mol. The number of guanidine groups is 1. The molecule has 1 heterocycles. The summed E-state index contributed by atoms with van der Waals surface area (Å²) in [4.78, 5) is 4.17. The Labute approximate surface area is 155 Å². The predicted octanol–water partition coefficient (Wildman–Crippen LogP) is 1.12. The van der Waals surface area contributed by atoms with E-state index in [1.807, 2.05) is 24.3 Å². The van der Waals surface area contributed by atoms with Crippen molar-refractivity contribution in [2.75, 3.05) is 58.1 Å². The molecule has 0 bridgehead atoms. The van der Waals surface area contributed by atoms with Crippen molar-refractivity contribution >= 4 is 21.7 Å². The molecule has 0 saturated carbocycles. The molecule has 9 heteroatoms. The fraction of sp³-hybridized carbons (Fsp3) is 0.588. The minimum atomic E-state index is -3.06. The van der Waals surface area contributed by atoms with Crippen molar-refractivity contribution in [1.29, 1.82) is 0 Å². The first-order valence-electron chi connectivity index (χ1n) is 8.72. The van der Waals surface area contributed by atoms with E-state index in [0.29, 0.717) is 45.2 Å². The first kappa shape index (κ1) is 20.5. The SMILES string of the molecule is CN=C(NCCN1CCCS1(=O)=O)Nc1cccc(OCCCOC)c1. The fourth-order valence-electron chi connectivity index (χ4n) is 2.61. The van der Waals surface area contributed by atoms with Gasteiger partial charge in [0.05, 0.1) is 12.4 Å². The van der Waals surface area contributed by atoms with Crippen LogP contribution >= 0.6 is 0 Å². The number of nitrogens with one attached hydrogen (secondary N) is 2. The van der Waals surface area contributed by atoms with E-state index in [0.717, 1.165) is 17.9 Å².